The summed E-state index contributed by atoms with van der Waals surface area (Å²) in [4.78, 5) is 32.9. The third-order valence-corrected chi connectivity index (χ3v) is 4.92. The van der Waals surface area contributed by atoms with E-state index in [1.807, 2.05) is 56.5 Å². The molecule has 0 atom stereocenters. The molecule has 3 amide bonds. The lowest BCUT2D eigenvalue weighted by molar-refractivity contribution is 0.0661. The van der Waals surface area contributed by atoms with Crippen molar-refractivity contribution in [3.8, 4) is 11.3 Å². The molecule has 2 aromatic rings. The number of thiazole rings is 1. The first-order valence-electron chi connectivity index (χ1n) is 8.71. The molecule has 1 aliphatic heterocycles. The van der Waals surface area contributed by atoms with Crippen molar-refractivity contribution in [1.82, 2.24) is 20.1 Å². The van der Waals surface area contributed by atoms with Crippen molar-refractivity contribution < 1.29 is 9.59 Å². The van der Waals surface area contributed by atoms with Gasteiger partial charge in [0.15, 0.2) is 5.01 Å². The lowest BCUT2D eigenvalue weighted by Crippen LogP contribution is -2.56. The molecule has 7 heteroatoms. The first kappa shape index (κ1) is 18.4. The summed E-state index contributed by atoms with van der Waals surface area (Å²) in [6, 6.07) is 9.75. The van der Waals surface area contributed by atoms with Gasteiger partial charge in [-0.1, -0.05) is 30.3 Å². The second-order valence-electron chi connectivity index (χ2n) is 7.36. The minimum Gasteiger partial charge on any atom is -0.333 e. The molecule has 1 N–H and O–H groups in total. The number of carbonyl (C=O) groups excluding carboxylic acids is 2. The predicted molar refractivity (Wildman–Crippen MR) is 103 cm³/mol. The van der Waals surface area contributed by atoms with Crippen LogP contribution in [0.15, 0.2) is 35.7 Å². The molecule has 1 aromatic carbocycles. The van der Waals surface area contributed by atoms with Gasteiger partial charge in [0.1, 0.15) is 0 Å². The summed E-state index contributed by atoms with van der Waals surface area (Å²) in [5.41, 5.74) is 1.56. The Morgan fingerprint density at radius 1 is 1.04 bits per heavy atom. The molecule has 1 fully saturated rings. The smallest absolute Gasteiger partial charge is 0.317 e. The van der Waals surface area contributed by atoms with Gasteiger partial charge in [-0.3, -0.25) is 4.79 Å². The maximum atomic E-state index is 12.7. The van der Waals surface area contributed by atoms with Crippen LogP contribution in [-0.4, -0.2) is 58.4 Å². The van der Waals surface area contributed by atoms with Crippen LogP contribution in [-0.2, 0) is 0 Å². The van der Waals surface area contributed by atoms with Gasteiger partial charge < -0.3 is 15.1 Å². The van der Waals surface area contributed by atoms with E-state index in [2.05, 4.69) is 10.3 Å². The number of hydrogen-bond acceptors (Lipinski definition) is 4. The van der Waals surface area contributed by atoms with Crippen molar-refractivity contribution in [3.05, 3.63) is 40.7 Å². The Morgan fingerprint density at radius 2 is 1.65 bits per heavy atom. The van der Waals surface area contributed by atoms with Gasteiger partial charge >= 0.3 is 6.03 Å². The first-order valence-corrected chi connectivity index (χ1v) is 9.59. The molecule has 1 aliphatic rings. The molecule has 6 nitrogen and oxygen atoms in total. The van der Waals surface area contributed by atoms with Crippen LogP contribution in [0.4, 0.5) is 4.79 Å². The Bertz CT molecular complexity index is 774. The molecule has 0 spiro atoms. The van der Waals surface area contributed by atoms with Gasteiger partial charge in [0.2, 0.25) is 0 Å². The van der Waals surface area contributed by atoms with Crippen molar-refractivity contribution in [2.75, 3.05) is 26.2 Å². The van der Waals surface area contributed by atoms with Crippen molar-refractivity contribution in [3.63, 3.8) is 0 Å². The van der Waals surface area contributed by atoms with E-state index in [-0.39, 0.29) is 17.5 Å². The summed E-state index contributed by atoms with van der Waals surface area (Å²) in [6.07, 6.45) is 0. The number of carbonyl (C=O) groups is 2. The van der Waals surface area contributed by atoms with Crippen LogP contribution >= 0.6 is 11.3 Å². The fourth-order valence-corrected chi connectivity index (χ4v) is 3.55. The zero-order chi connectivity index (χ0) is 18.7. The monoisotopic (exact) mass is 372 g/mol. The molecule has 26 heavy (non-hydrogen) atoms. The zero-order valence-electron chi connectivity index (χ0n) is 15.4. The highest BCUT2D eigenvalue weighted by molar-refractivity contribution is 7.12. The maximum absolute atomic E-state index is 12.7. The van der Waals surface area contributed by atoms with Crippen molar-refractivity contribution in [2.45, 2.75) is 26.3 Å². The summed E-state index contributed by atoms with van der Waals surface area (Å²) >= 11 is 1.37. The van der Waals surface area contributed by atoms with Gasteiger partial charge in [-0.2, -0.15) is 0 Å². The lowest BCUT2D eigenvalue weighted by Gasteiger charge is -2.36. The molecule has 1 saturated heterocycles. The standard InChI is InChI=1S/C19H24N4O2S/c1-19(2,3)21-18(25)23-11-9-22(10-12-23)17(24)16-20-15(13-26-16)14-7-5-4-6-8-14/h4-8,13H,9-12H2,1-3H3,(H,21,25). The van der Waals surface area contributed by atoms with Gasteiger partial charge in [-0.05, 0) is 20.8 Å². The summed E-state index contributed by atoms with van der Waals surface area (Å²) < 4.78 is 0. The highest BCUT2D eigenvalue weighted by Gasteiger charge is 2.27. The van der Waals surface area contributed by atoms with Crippen LogP contribution in [0.1, 0.15) is 30.6 Å². The van der Waals surface area contributed by atoms with Crippen LogP contribution in [0.5, 0.6) is 0 Å². The van der Waals surface area contributed by atoms with E-state index in [0.29, 0.717) is 31.2 Å². The molecule has 0 unspecified atom stereocenters. The highest BCUT2D eigenvalue weighted by atomic mass is 32.1. The molecule has 0 bridgehead atoms. The van der Waals surface area contributed by atoms with Crippen molar-refractivity contribution in [1.29, 1.82) is 0 Å². The molecule has 0 radical (unpaired) electrons. The Kier molecular flexibility index (Phi) is 5.27. The Balaban J connectivity index is 1.59. The Labute approximate surface area is 157 Å². The van der Waals surface area contributed by atoms with E-state index in [9.17, 15) is 9.59 Å². The minimum absolute atomic E-state index is 0.0620. The SMILES string of the molecule is CC(C)(C)NC(=O)N1CCN(C(=O)c2nc(-c3ccccc3)cs2)CC1. The second-order valence-corrected chi connectivity index (χ2v) is 8.22. The molecule has 0 saturated carbocycles. The number of rotatable bonds is 2. The lowest BCUT2D eigenvalue weighted by atomic mass is 10.1. The van der Waals surface area contributed by atoms with Gasteiger partial charge in [0.25, 0.3) is 5.91 Å². The van der Waals surface area contributed by atoms with Crippen molar-refractivity contribution in [2.24, 2.45) is 0 Å². The fourth-order valence-electron chi connectivity index (χ4n) is 2.76. The summed E-state index contributed by atoms with van der Waals surface area (Å²) in [6.45, 7) is 7.98. The number of hydrogen-bond donors (Lipinski definition) is 1. The van der Waals surface area contributed by atoms with E-state index >= 15 is 0 Å². The zero-order valence-corrected chi connectivity index (χ0v) is 16.2. The van der Waals surface area contributed by atoms with Crippen molar-refractivity contribution >= 4 is 23.3 Å². The van der Waals surface area contributed by atoms with Gasteiger partial charge in [-0.15, -0.1) is 11.3 Å². The van der Waals surface area contributed by atoms with Crippen LogP contribution in [0, 0.1) is 0 Å². The first-order chi connectivity index (χ1) is 12.3. The third kappa shape index (κ3) is 4.40. The number of aromatic nitrogens is 1. The van der Waals surface area contributed by atoms with Crippen LogP contribution < -0.4 is 5.32 Å². The van der Waals surface area contributed by atoms with E-state index in [1.54, 1.807) is 9.80 Å². The van der Waals surface area contributed by atoms with Gasteiger partial charge in [0.05, 0.1) is 5.69 Å². The fraction of sp³-hybridized carbons (Fsp3) is 0.421. The minimum atomic E-state index is -0.265. The third-order valence-electron chi connectivity index (χ3n) is 4.09. The molecule has 0 aliphatic carbocycles. The Morgan fingerprint density at radius 3 is 2.27 bits per heavy atom. The largest absolute Gasteiger partial charge is 0.333 e. The second kappa shape index (κ2) is 7.45. The Hall–Kier alpha value is -2.41. The molecule has 138 valence electrons. The van der Waals surface area contributed by atoms with Crippen LogP contribution in [0.25, 0.3) is 11.3 Å². The molecule has 1 aromatic heterocycles. The number of urea groups is 1. The quantitative estimate of drug-likeness (QED) is 0.881. The topological polar surface area (TPSA) is 65.5 Å². The number of benzene rings is 1. The number of nitrogens with one attached hydrogen (secondary N) is 1. The average Bonchev–Trinajstić information content (AvgIpc) is 3.11. The van der Waals surface area contributed by atoms with Gasteiger partial charge in [-0.25, -0.2) is 9.78 Å². The van der Waals surface area contributed by atoms with E-state index in [1.165, 1.54) is 11.3 Å². The number of amides is 3. The molecule has 3 rings (SSSR count). The average molecular weight is 372 g/mol. The molecular formula is C19H24N4O2S. The summed E-state index contributed by atoms with van der Waals surface area (Å²) in [7, 11) is 0. The highest BCUT2D eigenvalue weighted by Crippen LogP contribution is 2.22. The molecular weight excluding hydrogens is 348 g/mol. The number of nitrogens with zero attached hydrogens (tertiary/aromatic N) is 3. The van der Waals surface area contributed by atoms with E-state index in [4.69, 9.17) is 0 Å². The van der Waals surface area contributed by atoms with E-state index in [0.717, 1.165) is 11.3 Å². The summed E-state index contributed by atoms with van der Waals surface area (Å²) in [5, 5.41) is 5.37. The van der Waals surface area contributed by atoms with Crippen LogP contribution in [0.3, 0.4) is 0 Å². The normalized spacial score (nSPS) is 15.0. The van der Waals surface area contributed by atoms with E-state index < -0.39 is 0 Å². The summed E-state index contributed by atoms with van der Waals surface area (Å²) in [5.74, 6) is -0.0620. The molecule has 2 heterocycles. The van der Waals surface area contributed by atoms with Gasteiger partial charge in [0, 0.05) is 42.7 Å². The predicted octanol–water partition coefficient (Wildman–Crippen LogP) is 3.08. The number of piperazine rings is 1. The van der Waals surface area contributed by atoms with Crippen LogP contribution in [0.2, 0.25) is 0 Å². The maximum Gasteiger partial charge on any atom is 0.317 e.